The van der Waals surface area contributed by atoms with Crippen LogP contribution >= 0.6 is 36.4 Å². The van der Waals surface area contributed by atoms with E-state index in [1.165, 1.54) is 11.1 Å². The van der Waals surface area contributed by atoms with Crippen molar-refractivity contribution in [1.82, 2.24) is 15.1 Å². The lowest BCUT2D eigenvalue weighted by Gasteiger charge is -2.51. The van der Waals surface area contributed by atoms with E-state index in [0.29, 0.717) is 6.54 Å². The summed E-state index contributed by atoms with van der Waals surface area (Å²) in [5.74, 6) is 0.337. The molecule has 0 unspecified atom stereocenters. The van der Waals surface area contributed by atoms with Crippen LogP contribution in [0.2, 0.25) is 5.02 Å². The van der Waals surface area contributed by atoms with Crippen LogP contribution in [-0.4, -0.2) is 56.0 Å². The maximum absolute atomic E-state index is 13.8. The second kappa shape index (κ2) is 12.6. The third kappa shape index (κ3) is 5.57. The smallest absolute Gasteiger partial charge is 0.227 e. The van der Waals surface area contributed by atoms with Gasteiger partial charge in [0, 0.05) is 36.7 Å². The number of likely N-dealkylation sites (N-methyl/N-ethyl adjacent to an activating group) is 1. The van der Waals surface area contributed by atoms with Crippen molar-refractivity contribution < 1.29 is 4.79 Å². The number of nitrogens with one attached hydrogen (secondary N) is 1. The molecule has 2 aromatic rings. The molecular weight excluding hydrogens is 489 g/mol. The summed E-state index contributed by atoms with van der Waals surface area (Å²) in [6, 6.07) is 16.9. The lowest BCUT2D eigenvalue weighted by atomic mass is 9.74. The second-order valence-corrected chi connectivity index (χ2v) is 9.86. The van der Waals surface area contributed by atoms with Gasteiger partial charge in [0.2, 0.25) is 5.91 Å². The summed E-state index contributed by atoms with van der Waals surface area (Å²) < 4.78 is 0. The van der Waals surface area contributed by atoms with Crippen LogP contribution in [0.3, 0.4) is 0 Å². The Kier molecular flexibility index (Phi) is 10.7. The minimum absolute atomic E-state index is 0. The molecule has 4 rings (SSSR count). The van der Waals surface area contributed by atoms with Gasteiger partial charge in [0.05, 0.1) is 5.92 Å². The Balaban J connectivity index is 0.00000204. The summed E-state index contributed by atoms with van der Waals surface area (Å²) in [4.78, 5) is 18.4. The van der Waals surface area contributed by atoms with Gasteiger partial charge in [-0.3, -0.25) is 9.69 Å². The van der Waals surface area contributed by atoms with Crippen LogP contribution in [0.1, 0.15) is 48.8 Å². The number of benzene rings is 2. The molecule has 0 bridgehead atoms. The molecule has 0 radical (unpaired) electrons. The molecule has 0 aliphatic carbocycles. The fourth-order valence-corrected chi connectivity index (χ4v) is 6.19. The summed E-state index contributed by atoms with van der Waals surface area (Å²) >= 11 is 6.28. The fraction of sp³-hybridized carbons (Fsp3) is 0.519. The molecule has 1 N–H and O–H groups in total. The number of amides is 1. The zero-order chi connectivity index (χ0) is 22.7. The van der Waals surface area contributed by atoms with E-state index in [-0.39, 0.29) is 48.1 Å². The minimum atomic E-state index is -0.0890. The lowest BCUT2D eigenvalue weighted by molar-refractivity contribution is -0.139. The number of hydrogen-bond donors (Lipinski definition) is 1. The van der Waals surface area contributed by atoms with E-state index in [0.717, 1.165) is 55.9 Å². The fourth-order valence-electron chi connectivity index (χ4n) is 5.99. The standard InChI is InChI=1S/C27H36ClN3O.2ClH/c1-4-23(21-9-7-10-22(28)18-21)24(19-29-2)26(32)31-16-13-27(14-17-31)25-11-6-5-8-20(25)12-15-30(27)3;;/h5-11,18,23-24,29H,4,12-17,19H2,1-3H3;2*1H/t23-,24+;;/m0../s1. The summed E-state index contributed by atoms with van der Waals surface area (Å²) in [7, 11) is 4.19. The van der Waals surface area contributed by atoms with Gasteiger partial charge in [-0.1, -0.05) is 54.9 Å². The molecular formula is C27H38Cl3N3O. The monoisotopic (exact) mass is 525 g/mol. The molecule has 2 heterocycles. The molecule has 1 fully saturated rings. The third-order valence-corrected chi connectivity index (χ3v) is 8.05. The van der Waals surface area contributed by atoms with E-state index in [9.17, 15) is 4.79 Å². The quantitative estimate of drug-likeness (QED) is 0.538. The van der Waals surface area contributed by atoms with Crippen molar-refractivity contribution in [1.29, 1.82) is 0 Å². The molecule has 0 saturated carbocycles. The summed E-state index contributed by atoms with van der Waals surface area (Å²) in [6.45, 7) is 5.54. The number of nitrogens with zero attached hydrogens (tertiary/aromatic N) is 2. The highest BCUT2D eigenvalue weighted by atomic mass is 35.5. The van der Waals surface area contributed by atoms with Crippen molar-refractivity contribution in [2.45, 2.75) is 44.1 Å². The molecule has 188 valence electrons. The van der Waals surface area contributed by atoms with Crippen LogP contribution in [0.4, 0.5) is 0 Å². The van der Waals surface area contributed by atoms with E-state index in [2.05, 4.69) is 59.4 Å². The molecule has 2 aliphatic rings. The highest BCUT2D eigenvalue weighted by Crippen LogP contribution is 2.43. The Labute approximate surface area is 222 Å². The van der Waals surface area contributed by atoms with Crippen molar-refractivity contribution in [3.8, 4) is 0 Å². The predicted molar refractivity (Wildman–Crippen MR) is 147 cm³/mol. The zero-order valence-corrected chi connectivity index (χ0v) is 22.8. The molecule has 1 saturated heterocycles. The van der Waals surface area contributed by atoms with Crippen molar-refractivity contribution in [3.05, 3.63) is 70.2 Å². The van der Waals surface area contributed by atoms with Crippen molar-refractivity contribution in [2.24, 2.45) is 5.92 Å². The Morgan fingerprint density at radius 2 is 1.79 bits per heavy atom. The van der Waals surface area contributed by atoms with Crippen LogP contribution in [0, 0.1) is 5.92 Å². The number of piperidine rings is 1. The molecule has 2 aromatic carbocycles. The van der Waals surface area contributed by atoms with Crippen LogP contribution in [-0.2, 0) is 16.8 Å². The molecule has 34 heavy (non-hydrogen) atoms. The molecule has 7 heteroatoms. The molecule has 0 aromatic heterocycles. The first-order chi connectivity index (χ1) is 15.5. The maximum atomic E-state index is 13.8. The third-order valence-electron chi connectivity index (χ3n) is 7.81. The maximum Gasteiger partial charge on any atom is 0.227 e. The number of halogens is 3. The van der Waals surface area contributed by atoms with Gasteiger partial charge >= 0.3 is 0 Å². The van der Waals surface area contributed by atoms with Gasteiger partial charge in [-0.25, -0.2) is 0 Å². The number of rotatable bonds is 6. The zero-order valence-electron chi connectivity index (χ0n) is 20.4. The topological polar surface area (TPSA) is 35.6 Å². The van der Waals surface area contributed by atoms with Crippen molar-refractivity contribution in [2.75, 3.05) is 40.3 Å². The average molecular weight is 527 g/mol. The van der Waals surface area contributed by atoms with Gasteiger partial charge < -0.3 is 10.2 Å². The minimum Gasteiger partial charge on any atom is -0.342 e. The molecule has 4 nitrogen and oxygen atoms in total. The summed E-state index contributed by atoms with van der Waals surface area (Å²) in [6.07, 6.45) is 4.00. The second-order valence-electron chi connectivity index (χ2n) is 9.42. The largest absolute Gasteiger partial charge is 0.342 e. The SMILES string of the molecule is CC[C@@H](c1cccc(Cl)c1)[C@@H](CNC)C(=O)N1CCC2(CC1)c1ccccc1CCN2C.Cl.Cl. The molecule has 2 aliphatic heterocycles. The van der Waals surface area contributed by atoms with Crippen LogP contribution in [0.25, 0.3) is 0 Å². The first kappa shape index (κ1) is 28.9. The van der Waals surface area contributed by atoms with Gasteiger partial charge in [0.1, 0.15) is 0 Å². The Bertz CT molecular complexity index is 946. The van der Waals surface area contributed by atoms with E-state index >= 15 is 0 Å². The number of carbonyl (C=O) groups is 1. The average Bonchev–Trinajstić information content (AvgIpc) is 2.82. The normalized spacial score (nSPS) is 18.9. The highest BCUT2D eigenvalue weighted by Gasteiger charge is 2.44. The molecule has 1 spiro atoms. The Morgan fingerprint density at radius 3 is 2.44 bits per heavy atom. The van der Waals surface area contributed by atoms with Gasteiger partial charge in [-0.05, 0) is 74.5 Å². The van der Waals surface area contributed by atoms with Crippen LogP contribution in [0.5, 0.6) is 0 Å². The van der Waals surface area contributed by atoms with E-state index in [4.69, 9.17) is 11.6 Å². The van der Waals surface area contributed by atoms with E-state index < -0.39 is 0 Å². The highest BCUT2D eigenvalue weighted by molar-refractivity contribution is 6.30. The van der Waals surface area contributed by atoms with Gasteiger partial charge in [0.15, 0.2) is 0 Å². The number of fused-ring (bicyclic) bond motifs is 2. The van der Waals surface area contributed by atoms with Crippen molar-refractivity contribution >= 4 is 42.3 Å². The lowest BCUT2D eigenvalue weighted by Crippen LogP contribution is -2.56. The van der Waals surface area contributed by atoms with Gasteiger partial charge in [-0.15, -0.1) is 24.8 Å². The number of likely N-dealkylation sites (tertiary alicyclic amines) is 1. The molecule has 1 amide bonds. The number of carbonyl (C=O) groups excluding carboxylic acids is 1. The van der Waals surface area contributed by atoms with Crippen LogP contribution < -0.4 is 5.32 Å². The van der Waals surface area contributed by atoms with Crippen molar-refractivity contribution in [3.63, 3.8) is 0 Å². The Hall–Kier alpha value is -1.30. The van der Waals surface area contributed by atoms with E-state index in [1.807, 2.05) is 25.2 Å². The summed E-state index contributed by atoms with van der Waals surface area (Å²) in [5.41, 5.74) is 4.16. The Morgan fingerprint density at radius 1 is 1.09 bits per heavy atom. The van der Waals surface area contributed by atoms with Crippen LogP contribution in [0.15, 0.2) is 48.5 Å². The van der Waals surface area contributed by atoms with Gasteiger partial charge in [0.25, 0.3) is 0 Å². The van der Waals surface area contributed by atoms with Gasteiger partial charge in [-0.2, -0.15) is 0 Å². The first-order valence-corrected chi connectivity index (χ1v) is 12.4. The summed E-state index contributed by atoms with van der Waals surface area (Å²) in [5, 5.41) is 4.01. The number of hydrogen-bond acceptors (Lipinski definition) is 3. The first-order valence-electron chi connectivity index (χ1n) is 12.0. The predicted octanol–water partition coefficient (Wildman–Crippen LogP) is 5.52. The van der Waals surface area contributed by atoms with E-state index in [1.54, 1.807) is 0 Å². The molecule has 2 atom stereocenters.